The molecule has 1 N–H and O–H groups in total. The molecule has 0 rings (SSSR count). The molecule has 0 aliphatic rings. The number of rotatable bonds is 1. The first-order valence-corrected chi connectivity index (χ1v) is 2.47. The van der Waals surface area contributed by atoms with Crippen molar-refractivity contribution in [1.29, 1.82) is 0 Å². The zero-order chi connectivity index (χ0) is 4.99. The van der Waals surface area contributed by atoms with E-state index in [1.54, 1.807) is 0 Å². The smallest absolute Gasteiger partial charge is 0.211 e. The summed E-state index contributed by atoms with van der Waals surface area (Å²) in [6, 6.07) is 0. The van der Waals surface area contributed by atoms with E-state index in [-0.39, 0.29) is 6.54 Å². The topological polar surface area (TPSA) is 57.9 Å². The second-order valence-electron chi connectivity index (χ2n) is 0.631. The molecular weight excluding hydrogens is 102 g/mol. The third-order valence-corrected chi connectivity index (χ3v) is 0.658. The lowest BCUT2D eigenvalue weighted by Gasteiger charge is -1.57. The Morgan fingerprint density at radius 2 is 2.17 bits per heavy atom. The molecule has 0 atom stereocenters. The SMILES string of the molecule is [NH]CC=S(=O)=O. The fourth-order valence-corrected chi connectivity index (χ4v) is 0.204. The van der Waals surface area contributed by atoms with Crippen LogP contribution in [0.3, 0.4) is 0 Å². The fraction of sp³-hybridized carbons (Fsp3) is 0.500. The van der Waals surface area contributed by atoms with E-state index in [1.807, 2.05) is 0 Å². The van der Waals surface area contributed by atoms with Crippen LogP contribution in [0, 0.1) is 0 Å². The minimum atomic E-state index is -2.13. The van der Waals surface area contributed by atoms with E-state index < -0.39 is 10.3 Å². The van der Waals surface area contributed by atoms with Crippen LogP contribution >= 0.6 is 0 Å². The molecule has 0 aromatic rings. The highest BCUT2D eigenvalue weighted by molar-refractivity contribution is 7.71. The van der Waals surface area contributed by atoms with Crippen LogP contribution in [0.25, 0.3) is 0 Å². The summed E-state index contributed by atoms with van der Waals surface area (Å²) in [5.74, 6) is 0. The molecular formula is C2H4NO2S. The Balaban J connectivity index is 3.78. The number of hydrogen-bond acceptors (Lipinski definition) is 2. The van der Waals surface area contributed by atoms with Gasteiger partial charge in [-0.3, -0.25) is 5.73 Å². The van der Waals surface area contributed by atoms with E-state index in [0.29, 0.717) is 0 Å². The molecule has 0 amide bonds. The van der Waals surface area contributed by atoms with Gasteiger partial charge in [0.05, 0.1) is 5.37 Å². The van der Waals surface area contributed by atoms with Gasteiger partial charge in [-0.15, -0.1) is 0 Å². The maximum absolute atomic E-state index is 9.42. The van der Waals surface area contributed by atoms with Crippen LogP contribution in [0.1, 0.15) is 0 Å². The summed E-state index contributed by atoms with van der Waals surface area (Å²) in [4.78, 5) is 0. The summed E-state index contributed by atoms with van der Waals surface area (Å²) in [7, 11) is -2.13. The van der Waals surface area contributed by atoms with Gasteiger partial charge in [0.2, 0.25) is 10.3 Å². The van der Waals surface area contributed by atoms with Crippen LogP contribution in [0.2, 0.25) is 0 Å². The highest BCUT2D eigenvalue weighted by Crippen LogP contribution is 1.36. The predicted octanol–water partition coefficient (Wildman–Crippen LogP) is -1.05. The van der Waals surface area contributed by atoms with E-state index in [2.05, 4.69) is 0 Å². The zero-order valence-electron chi connectivity index (χ0n) is 3.01. The molecule has 0 heterocycles. The first-order valence-electron chi connectivity index (χ1n) is 1.33. The van der Waals surface area contributed by atoms with Crippen molar-refractivity contribution in [2.75, 3.05) is 6.54 Å². The van der Waals surface area contributed by atoms with Gasteiger partial charge in [-0.2, -0.15) is 8.42 Å². The second kappa shape index (κ2) is 2.87. The zero-order valence-corrected chi connectivity index (χ0v) is 3.83. The third kappa shape index (κ3) is 3.65. The van der Waals surface area contributed by atoms with Crippen LogP contribution < -0.4 is 5.73 Å². The summed E-state index contributed by atoms with van der Waals surface area (Å²) >= 11 is 0. The molecule has 3 nitrogen and oxygen atoms in total. The number of nitrogens with one attached hydrogen (secondary N) is 1. The molecule has 0 saturated heterocycles. The van der Waals surface area contributed by atoms with Gasteiger partial charge in [0, 0.05) is 6.54 Å². The molecule has 0 aliphatic carbocycles. The van der Waals surface area contributed by atoms with Crippen molar-refractivity contribution in [3.63, 3.8) is 0 Å². The van der Waals surface area contributed by atoms with Crippen molar-refractivity contribution in [2.24, 2.45) is 0 Å². The largest absolute Gasteiger partial charge is 0.253 e. The quantitative estimate of drug-likeness (QED) is 0.400. The Labute approximate surface area is 37.3 Å². The Morgan fingerprint density at radius 3 is 2.17 bits per heavy atom. The standard InChI is InChI=1S/C2H4NO2S/c3-1-2-6(4)5/h2-3H,1H2. The van der Waals surface area contributed by atoms with Gasteiger partial charge in [0.25, 0.3) is 0 Å². The van der Waals surface area contributed by atoms with E-state index in [9.17, 15) is 8.42 Å². The van der Waals surface area contributed by atoms with Gasteiger partial charge in [-0.25, -0.2) is 0 Å². The first-order chi connectivity index (χ1) is 2.77. The minimum absolute atomic E-state index is 0.157. The molecule has 0 spiro atoms. The van der Waals surface area contributed by atoms with E-state index in [0.717, 1.165) is 5.37 Å². The molecule has 0 aromatic heterocycles. The molecule has 0 saturated carbocycles. The average molecular weight is 106 g/mol. The van der Waals surface area contributed by atoms with Crippen molar-refractivity contribution in [3.05, 3.63) is 0 Å². The molecule has 0 unspecified atom stereocenters. The molecule has 35 valence electrons. The van der Waals surface area contributed by atoms with E-state index in [1.165, 1.54) is 0 Å². The normalized spacial score (nSPS) is 7.50. The molecule has 0 aromatic carbocycles. The molecule has 0 fully saturated rings. The van der Waals surface area contributed by atoms with Crippen molar-refractivity contribution in [3.8, 4) is 0 Å². The molecule has 1 radical (unpaired) electrons. The predicted molar refractivity (Wildman–Crippen MR) is 22.9 cm³/mol. The Hall–Kier alpha value is -0.350. The van der Waals surface area contributed by atoms with E-state index >= 15 is 0 Å². The summed E-state index contributed by atoms with van der Waals surface area (Å²) in [6.07, 6.45) is 0. The van der Waals surface area contributed by atoms with Crippen LogP contribution in [0.15, 0.2) is 0 Å². The monoisotopic (exact) mass is 106 g/mol. The van der Waals surface area contributed by atoms with Crippen LogP contribution in [0.4, 0.5) is 0 Å². The maximum atomic E-state index is 9.42. The first kappa shape index (κ1) is 5.65. The Morgan fingerprint density at radius 1 is 1.67 bits per heavy atom. The highest BCUT2D eigenvalue weighted by atomic mass is 32.2. The van der Waals surface area contributed by atoms with Crippen molar-refractivity contribution in [2.45, 2.75) is 0 Å². The summed E-state index contributed by atoms with van der Waals surface area (Å²) < 4.78 is 18.8. The summed E-state index contributed by atoms with van der Waals surface area (Å²) in [6.45, 7) is -0.157. The van der Waals surface area contributed by atoms with E-state index in [4.69, 9.17) is 5.73 Å². The summed E-state index contributed by atoms with van der Waals surface area (Å²) in [5, 5.41) is 0.875. The van der Waals surface area contributed by atoms with Crippen LogP contribution in [0.5, 0.6) is 0 Å². The van der Waals surface area contributed by atoms with Crippen molar-refractivity contribution in [1.82, 2.24) is 5.73 Å². The van der Waals surface area contributed by atoms with Gasteiger partial charge in [0.15, 0.2) is 0 Å². The average Bonchev–Trinajstić information content (AvgIpc) is 1.35. The fourth-order valence-electron chi connectivity index (χ4n) is 0.0680. The van der Waals surface area contributed by atoms with Crippen molar-refractivity contribution < 1.29 is 8.42 Å². The van der Waals surface area contributed by atoms with Gasteiger partial charge < -0.3 is 0 Å². The lowest BCUT2D eigenvalue weighted by atomic mass is 10.8. The number of hydrogen-bond donors (Lipinski definition) is 0. The molecule has 6 heavy (non-hydrogen) atoms. The Bertz CT molecular complexity index is 126. The van der Waals surface area contributed by atoms with Gasteiger partial charge in [-0.1, -0.05) is 0 Å². The minimum Gasteiger partial charge on any atom is -0.253 e. The third-order valence-electron chi connectivity index (χ3n) is 0.219. The lowest BCUT2D eigenvalue weighted by molar-refractivity contribution is 0.627. The Kier molecular flexibility index (Phi) is 2.70. The van der Waals surface area contributed by atoms with Crippen LogP contribution in [-0.2, 0) is 10.3 Å². The van der Waals surface area contributed by atoms with Gasteiger partial charge in [0.1, 0.15) is 0 Å². The molecule has 4 heteroatoms. The highest BCUT2D eigenvalue weighted by Gasteiger charge is 1.61. The molecule has 0 bridgehead atoms. The van der Waals surface area contributed by atoms with Crippen LogP contribution in [-0.4, -0.2) is 20.3 Å². The van der Waals surface area contributed by atoms with Crippen molar-refractivity contribution >= 4 is 15.7 Å². The van der Waals surface area contributed by atoms with Gasteiger partial charge in [-0.05, 0) is 0 Å². The van der Waals surface area contributed by atoms with Gasteiger partial charge >= 0.3 is 0 Å². The lowest BCUT2D eigenvalue weighted by Crippen LogP contribution is -1.83. The second-order valence-corrected chi connectivity index (χ2v) is 1.49. The molecule has 0 aliphatic heterocycles. The maximum Gasteiger partial charge on any atom is 0.211 e. The summed E-state index contributed by atoms with van der Waals surface area (Å²) in [5.41, 5.74) is 6.28.